The van der Waals surface area contributed by atoms with Crippen LogP contribution in [0.2, 0.25) is 0 Å². The molecule has 0 saturated heterocycles. The third-order valence-electron chi connectivity index (χ3n) is 2.76. The monoisotopic (exact) mass is 267 g/mol. The van der Waals surface area contributed by atoms with Crippen LogP contribution in [0.15, 0.2) is 23.4 Å². The maximum absolute atomic E-state index is 13.5. The van der Waals surface area contributed by atoms with E-state index in [1.54, 1.807) is 32.9 Å². The Morgan fingerprint density at radius 3 is 2.63 bits per heavy atom. The van der Waals surface area contributed by atoms with Crippen LogP contribution in [0.25, 0.3) is 0 Å². The van der Waals surface area contributed by atoms with E-state index >= 15 is 0 Å². The summed E-state index contributed by atoms with van der Waals surface area (Å²) >= 11 is 0. The van der Waals surface area contributed by atoms with Gasteiger partial charge in [0.1, 0.15) is 5.82 Å². The van der Waals surface area contributed by atoms with E-state index in [4.69, 9.17) is 10.9 Å². The van der Waals surface area contributed by atoms with Crippen LogP contribution < -0.4 is 5.73 Å². The molecular formula is C13H18FN3O2. The van der Waals surface area contributed by atoms with Crippen molar-refractivity contribution in [3.8, 4) is 0 Å². The molecule has 3 N–H and O–H groups in total. The van der Waals surface area contributed by atoms with Crippen LogP contribution in [0.3, 0.4) is 0 Å². The van der Waals surface area contributed by atoms with Crippen LogP contribution in [-0.4, -0.2) is 34.4 Å². The van der Waals surface area contributed by atoms with Crippen molar-refractivity contribution >= 4 is 11.7 Å². The summed E-state index contributed by atoms with van der Waals surface area (Å²) in [5.41, 5.74) is 6.13. The summed E-state index contributed by atoms with van der Waals surface area (Å²) < 4.78 is 13.5. The summed E-state index contributed by atoms with van der Waals surface area (Å²) in [6, 6.07) is 4.14. The van der Waals surface area contributed by atoms with Gasteiger partial charge < -0.3 is 15.8 Å². The minimum atomic E-state index is -0.432. The third-order valence-corrected chi connectivity index (χ3v) is 2.76. The van der Waals surface area contributed by atoms with E-state index in [1.165, 1.54) is 11.0 Å². The SMILES string of the molecule is Cc1ccc(C(=O)N(CC(N)=NO)C(C)C)cc1F. The summed E-state index contributed by atoms with van der Waals surface area (Å²) in [6.45, 7) is 5.21. The highest BCUT2D eigenvalue weighted by molar-refractivity contribution is 5.97. The lowest BCUT2D eigenvalue weighted by Crippen LogP contribution is -2.42. The van der Waals surface area contributed by atoms with E-state index in [0.717, 1.165) is 0 Å². The second-order valence-electron chi connectivity index (χ2n) is 4.58. The molecule has 0 heterocycles. The molecule has 0 unspecified atom stereocenters. The van der Waals surface area contributed by atoms with Gasteiger partial charge in [-0.05, 0) is 38.5 Å². The first kappa shape index (κ1) is 14.9. The van der Waals surface area contributed by atoms with Crippen LogP contribution in [0.4, 0.5) is 4.39 Å². The number of nitrogens with zero attached hydrogens (tertiary/aromatic N) is 2. The van der Waals surface area contributed by atoms with Crippen molar-refractivity contribution < 1.29 is 14.4 Å². The highest BCUT2D eigenvalue weighted by Gasteiger charge is 2.20. The molecule has 1 amide bonds. The maximum Gasteiger partial charge on any atom is 0.254 e. The molecule has 1 rings (SSSR count). The highest BCUT2D eigenvalue weighted by Crippen LogP contribution is 2.13. The van der Waals surface area contributed by atoms with Crippen molar-refractivity contribution in [1.82, 2.24) is 4.90 Å². The third kappa shape index (κ3) is 3.67. The molecule has 0 aliphatic rings. The number of oxime groups is 1. The molecular weight excluding hydrogens is 249 g/mol. The number of aryl methyl sites for hydroxylation is 1. The Morgan fingerprint density at radius 2 is 2.16 bits per heavy atom. The first-order valence-electron chi connectivity index (χ1n) is 5.90. The second-order valence-corrected chi connectivity index (χ2v) is 4.58. The molecule has 19 heavy (non-hydrogen) atoms. The summed E-state index contributed by atoms with van der Waals surface area (Å²) in [7, 11) is 0. The van der Waals surface area contributed by atoms with Crippen molar-refractivity contribution in [1.29, 1.82) is 0 Å². The molecule has 0 fully saturated rings. The minimum absolute atomic E-state index is 0.0114. The molecule has 0 aromatic heterocycles. The van der Waals surface area contributed by atoms with Gasteiger partial charge >= 0.3 is 0 Å². The molecule has 1 aromatic rings. The van der Waals surface area contributed by atoms with Crippen molar-refractivity contribution in [3.63, 3.8) is 0 Å². The summed E-state index contributed by atoms with van der Waals surface area (Å²) in [5.74, 6) is -0.867. The Balaban J connectivity index is 3.02. The number of amidine groups is 1. The van der Waals surface area contributed by atoms with E-state index in [-0.39, 0.29) is 29.9 Å². The Morgan fingerprint density at radius 1 is 1.53 bits per heavy atom. The highest BCUT2D eigenvalue weighted by atomic mass is 19.1. The summed E-state index contributed by atoms with van der Waals surface area (Å²) in [4.78, 5) is 13.7. The lowest BCUT2D eigenvalue weighted by atomic mass is 10.1. The Hall–Kier alpha value is -2.11. The molecule has 0 spiro atoms. The normalized spacial score (nSPS) is 11.7. The van der Waals surface area contributed by atoms with Crippen LogP contribution in [0, 0.1) is 12.7 Å². The zero-order valence-corrected chi connectivity index (χ0v) is 11.2. The topological polar surface area (TPSA) is 78.9 Å². The number of carbonyl (C=O) groups excluding carboxylic acids is 1. The zero-order chi connectivity index (χ0) is 14.6. The number of amides is 1. The van der Waals surface area contributed by atoms with Crippen LogP contribution in [-0.2, 0) is 0 Å². The largest absolute Gasteiger partial charge is 0.409 e. The van der Waals surface area contributed by atoms with E-state index in [9.17, 15) is 9.18 Å². The quantitative estimate of drug-likeness (QED) is 0.377. The molecule has 0 saturated carbocycles. The first-order chi connectivity index (χ1) is 8.86. The molecule has 0 aliphatic heterocycles. The second kappa shape index (κ2) is 6.17. The van der Waals surface area contributed by atoms with E-state index in [2.05, 4.69) is 5.16 Å². The van der Waals surface area contributed by atoms with Gasteiger partial charge in [-0.3, -0.25) is 4.79 Å². The number of hydrogen-bond acceptors (Lipinski definition) is 3. The van der Waals surface area contributed by atoms with Gasteiger partial charge in [-0.15, -0.1) is 0 Å². The number of nitrogens with two attached hydrogens (primary N) is 1. The molecule has 0 bridgehead atoms. The van der Waals surface area contributed by atoms with E-state index < -0.39 is 5.82 Å². The average molecular weight is 267 g/mol. The minimum Gasteiger partial charge on any atom is -0.409 e. The van der Waals surface area contributed by atoms with Gasteiger partial charge in [0.2, 0.25) is 0 Å². The average Bonchev–Trinajstić information content (AvgIpc) is 2.37. The van der Waals surface area contributed by atoms with Crippen molar-refractivity contribution in [3.05, 3.63) is 35.1 Å². The van der Waals surface area contributed by atoms with E-state index in [1.807, 2.05) is 0 Å². The number of rotatable bonds is 4. The lowest BCUT2D eigenvalue weighted by Gasteiger charge is -2.26. The van der Waals surface area contributed by atoms with Crippen molar-refractivity contribution in [2.75, 3.05) is 6.54 Å². The molecule has 0 radical (unpaired) electrons. The molecule has 5 nitrogen and oxygen atoms in total. The molecule has 0 aliphatic carbocycles. The molecule has 1 aromatic carbocycles. The number of carbonyl (C=O) groups is 1. The Labute approximate surface area is 111 Å². The van der Waals surface area contributed by atoms with Crippen molar-refractivity contribution in [2.24, 2.45) is 10.9 Å². The first-order valence-corrected chi connectivity index (χ1v) is 5.90. The standard InChI is InChI=1S/C13H18FN3O2/c1-8(2)17(7-12(15)16-19)13(18)10-5-4-9(3)11(14)6-10/h4-6,8,19H,7H2,1-3H3,(H2,15,16). The van der Waals surface area contributed by atoms with Gasteiger partial charge in [0.25, 0.3) is 5.91 Å². The van der Waals surface area contributed by atoms with Gasteiger partial charge in [-0.25, -0.2) is 4.39 Å². The number of hydrogen-bond donors (Lipinski definition) is 2. The van der Waals surface area contributed by atoms with Crippen molar-refractivity contribution in [2.45, 2.75) is 26.8 Å². The Bertz CT molecular complexity index is 501. The fourth-order valence-corrected chi connectivity index (χ4v) is 1.59. The van der Waals surface area contributed by atoms with Gasteiger partial charge in [0.05, 0.1) is 6.54 Å². The summed E-state index contributed by atoms with van der Waals surface area (Å²) in [5, 5.41) is 11.4. The van der Waals surface area contributed by atoms with Crippen LogP contribution in [0.1, 0.15) is 29.8 Å². The lowest BCUT2D eigenvalue weighted by molar-refractivity contribution is 0.0733. The van der Waals surface area contributed by atoms with Gasteiger partial charge in [0.15, 0.2) is 5.84 Å². The predicted octanol–water partition coefficient (Wildman–Crippen LogP) is 1.73. The van der Waals surface area contributed by atoms with Crippen LogP contribution in [0.5, 0.6) is 0 Å². The van der Waals surface area contributed by atoms with Crippen LogP contribution >= 0.6 is 0 Å². The number of benzene rings is 1. The maximum atomic E-state index is 13.5. The molecule has 6 heteroatoms. The van der Waals surface area contributed by atoms with E-state index in [0.29, 0.717) is 5.56 Å². The molecule has 0 atom stereocenters. The van der Waals surface area contributed by atoms with Gasteiger partial charge in [0, 0.05) is 11.6 Å². The predicted molar refractivity (Wildman–Crippen MR) is 70.7 cm³/mol. The summed E-state index contributed by atoms with van der Waals surface area (Å²) in [6.07, 6.45) is 0. The fraction of sp³-hybridized carbons (Fsp3) is 0.385. The van der Waals surface area contributed by atoms with Gasteiger partial charge in [-0.2, -0.15) is 0 Å². The van der Waals surface area contributed by atoms with Gasteiger partial charge in [-0.1, -0.05) is 11.2 Å². The number of halogens is 1. The smallest absolute Gasteiger partial charge is 0.254 e. The fourth-order valence-electron chi connectivity index (χ4n) is 1.59. The zero-order valence-electron chi connectivity index (χ0n) is 11.2. The molecule has 104 valence electrons. The Kier molecular flexibility index (Phi) is 4.86.